The fraction of sp³-hybridized carbons (Fsp3) is 0.250. The van der Waals surface area contributed by atoms with Crippen molar-refractivity contribution < 1.29 is 23.9 Å². The van der Waals surface area contributed by atoms with Gasteiger partial charge >= 0.3 is 12.0 Å². The van der Waals surface area contributed by atoms with E-state index in [1.807, 2.05) is 0 Å². The number of aryl methyl sites for hydroxylation is 1. The standard InChI is InChI=1S/C12H14FN3O4/c1-7-2-3-8(13)4-9(7)16-12(20)15-5-10(17)14-6-11(18)19/h2-4H,5-6H2,1H3,(H,14,17)(H,18,19)(H2,15,16,20). The van der Waals surface area contributed by atoms with Crippen LogP contribution < -0.4 is 16.0 Å². The summed E-state index contributed by atoms with van der Waals surface area (Å²) in [5, 5.41) is 15.0. The lowest BCUT2D eigenvalue weighted by molar-refractivity contribution is -0.137. The van der Waals surface area contributed by atoms with Crippen LogP contribution >= 0.6 is 0 Å². The molecule has 0 aliphatic rings. The summed E-state index contributed by atoms with van der Waals surface area (Å²) in [5.74, 6) is -2.32. The summed E-state index contributed by atoms with van der Waals surface area (Å²) in [4.78, 5) is 32.8. The zero-order valence-corrected chi connectivity index (χ0v) is 10.7. The molecule has 1 aromatic carbocycles. The maximum absolute atomic E-state index is 13.0. The lowest BCUT2D eigenvalue weighted by Crippen LogP contribution is -2.40. The van der Waals surface area contributed by atoms with Crippen molar-refractivity contribution in [3.8, 4) is 0 Å². The number of benzene rings is 1. The molecule has 0 saturated carbocycles. The molecule has 0 aliphatic carbocycles. The molecule has 7 nitrogen and oxygen atoms in total. The summed E-state index contributed by atoms with van der Waals surface area (Å²) in [7, 11) is 0. The number of carbonyl (C=O) groups is 3. The summed E-state index contributed by atoms with van der Waals surface area (Å²) >= 11 is 0. The first-order valence-corrected chi connectivity index (χ1v) is 5.68. The zero-order valence-electron chi connectivity index (χ0n) is 10.7. The van der Waals surface area contributed by atoms with Crippen LogP contribution in [0.25, 0.3) is 0 Å². The molecule has 4 N–H and O–H groups in total. The number of halogens is 1. The average Bonchev–Trinajstić information content (AvgIpc) is 2.38. The fourth-order valence-electron chi connectivity index (χ4n) is 1.29. The largest absolute Gasteiger partial charge is 0.480 e. The minimum absolute atomic E-state index is 0.286. The highest BCUT2D eigenvalue weighted by atomic mass is 19.1. The Morgan fingerprint density at radius 2 is 1.90 bits per heavy atom. The highest BCUT2D eigenvalue weighted by Gasteiger charge is 2.08. The number of nitrogens with one attached hydrogen (secondary N) is 3. The molecule has 0 saturated heterocycles. The zero-order chi connectivity index (χ0) is 15.1. The van der Waals surface area contributed by atoms with Crippen LogP contribution in [-0.2, 0) is 9.59 Å². The van der Waals surface area contributed by atoms with Crippen LogP contribution in [0.1, 0.15) is 5.56 Å². The third-order valence-corrected chi connectivity index (χ3v) is 2.29. The van der Waals surface area contributed by atoms with Gasteiger partial charge in [0.25, 0.3) is 0 Å². The topological polar surface area (TPSA) is 108 Å². The molecule has 0 heterocycles. The maximum Gasteiger partial charge on any atom is 0.322 e. The fourth-order valence-corrected chi connectivity index (χ4v) is 1.29. The summed E-state index contributed by atoms with van der Waals surface area (Å²) in [6.45, 7) is 0.785. The van der Waals surface area contributed by atoms with Crippen molar-refractivity contribution in [2.75, 3.05) is 18.4 Å². The van der Waals surface area contributed by atoms with Gasteiger partial charge in [0.2, 0.25) is 5.91 Å². The summed E-state index contributed by atoms with van der Waals surface area (Å²) in [6, 6.07) is 3.23. The number of amides is 3. The summed E-state index contributed by atoms with van der Waals surface area (Å²) in [5.41, 5.74) is 0.949. The van der Waals surface area contributed by atoms with Gasteiger partial charge in [-0.2, -0.15) is 0 Å². The van der Waals surface area contributed by atoms with Gasteiger partial charge in [-0.3, -0.25) is 9.59 Å². The number of carboxylic acids is 1. The normalized spacial score (nSPS) is 9.70. The molecule has 0 radical (unpaired) electrons. The van der Waals surface area contributed by atoms with E-state index < -0.39 is 30.3 Å². The number of urea groups is 1. The SMILES string of the molecule is Cc1ccc(F)cc1NC(=O)NCC(=O)NCC(=O)O. The van der Waals surface area contributed by atoms with Crippen molar-refractivity contribution in [3.63, 3.8) is 0 Å². The van der Waals surface area contributed by atoms with Gasteiger partial charge in [0.1, 0.15) is 12.4 Å². The molecule has 3 amide bonds. The van der Waals surface area contributed by atoms with E-state index in [0.717, 1.165) is 6.07 Å². The number of hydrogen-bond acceptors (Lipinski definition) is 3. The molecule has 0 unspecified atom stereocenters. The van der Waals surface area contributed by atoms with Gasteiger partial charge in [-0.15, -0.1) is 0 Å². The average molecular weight is 283 g/mol. The van der Waals surface area contributed by atoms with E-state index in [9.17, 15) is 18.8 Å². The van der Waals surface area contributed by atoms with Crippen LogP contribution in [0.5, 0.6) is 0 Å². The molecule has 8 heteroatoms. The minimum Gasteiger partial charge on any atom is -0.480 e. The van der Waals surface area contributed by atoms with E-state index in [2.05, 4.69) is 16.0 Å². The van der Waals surface area contributed by atoms with E-state index in [-0.39, 0.29) is 12.2 Å². The van der Waals surface area contributed by atoms with Crippen molar-refractivity contribution in [1.82, 2.24) is 10.6 Å². The summed E-state index contributed by atoms with van der Waals surface area (Å²) < 4.78 is 13.0. The molecule has 0 bridgehead atoms. The van der Waals surface area contributed by atoms with Crippen LogP contribution in [0.2, 0.25) is 0 Å². The quantitative estimate of drug-likeness (QED) is 0.629. The molecule has 0 fully saturated rings. The van der Waals surface area contributed by atoms with Gasteiger partial charge in [-0.05, 0) is 24.6 Å². The first-order chi connectivity index (χ1) is 9.38. The third kappa shape index (κ3) is 5.34. The molecule has 1 aromatic rings. The van der Waals surface area contributed by atoms with Gasteiger partial charge in [0.15, 0.2) is 0 Å². The first-order valence-electron chi connectivity index (χ1n) is 5.68. The Morgan fingerprint density at radius 3 is 2.55 bits per heavy atom. The Kier molecular flexibility index (Phi) is 5.45. The predicted octanol–water partition coefficient (Wildman–Crippen LogP) is 0.456. The number of rotatable bonds is 5. The number of hydrogen-bond donors (Lipinski definition) is 4. The van der Waals surface area contributed by atoms with Crippen LogP contribution in [0.3, 0.4) is 0 Å². The van der Waals surface area contributed by atoms with Crippen LogP contribution in [0.4, 0.5) is 14.9 Å². The molecular formula is C12H14FN3O4. The molecule has 1 rings (SSSR count). The van der Waals surface area contributed by atoms with Gasteiger partial charge in [0, 0.05) is 5.69 Å². The third-order valence-electron chi connectivity index (χ3n) is 2.29. The van der Waals surface area contributed by atoms with Crippen molar-refractivity contribution >= 4 is 23.6 Å². The Balaban J connectivity index is 2.42. The monoisotopic (exact) mass is 283 g/mol. The molecule has 0 spiro atoms. The Hall–Kier alpha value is -2.64. The Morgan fingerprint density at radius 1 is 1.20 bits per heavy atom. The van der Waals surface area contributed by atoms with Crippen molar-refractivity contribution in [3.05, 3.63) is 29.6 Å². The predicted molar refractivity (Wildman–Crippen MR) is 68.8 cm³/mol. The van der Waals surface area contributed by atoms with E-state index in [4.69, 9.17) is 5.11 Å². The van der Waals surface area contributed by atoms with Gasteiger partial charge in [0.05, 0.1) is 6.54 Å². The lowest BCUT2D eigenvalue weighted by Gasteiger charge is -2.09. The number of carbonyl (C=O) groups excluding carboxylic acids is 2. The van der Waals surface area contributed by atoms with E-state index in [1.54, 1.807) is 6.92 Å². The van der Waals surface area contributed by atoms with Crippen LogP contribution in [0.15, 0.2) is 18.2 Å². The summed E-state index contributed by atoms with van der Waals surface area (Å²) in [6.07, 6.45) is 0. The molecule has 0 aliphatic heterocycles. The van der Waals surface area contributed by atoms with Crippen LogP contribution in [0, 0.1) is 12.7 Å². The first kappa shape index (κ1) is 15.4. The van der Waals surface area contributed by atoms with Crippen LogP contribution in [-0.4, -0.2) is 36.1 Å². The van der Waals surface area contributed by atoms with Gasteiger partial charge in [-0.1, -0.05) is 6.07 Å². The number of carboxylic acid groups (broad SMARTS) is 1. The van der Waals surface area contributed by atoms with Crippen molar-refractivity contribution in [2.45, 2.75) is 6.92 Å². The van der Waals surface area contributed by atoms with Gasteiger partial charge in [-0.25, -0.2) is 9.18 Å². The lowest BCUT2D eigenvalue weighted by atomic mass is 10.2. The molecular weight excluding hydrogens is 269 g/mol. The minimum atomic E-state index is -1.18. The Labute approximate surface area is 114 Å². The smallest absolute Gasteiger partial charge is 0.322 e. The Bertz CT molecular complexity index is 533. The second-order valence-corrected chi connectivity index (χ2v) is 3.94. The molecule has 0 atom stereocenters. The van der Waals surface area contributed by atoms with Gasteiger partial charge < -0.3 is 21.1 Å². The van der Waals surface area contributed by atoms with E-state index in [0.29, 0.717) is 5.56 Å². The maximum atomic E-state index is 13.0. The number of anilines is 1. The number of aliphatic carboxylic acids is 1. The van der Waals surface area contributed by atoms with E-state index >= 15 is 0 Å². The van der Waals surface area contributed by atoms with E-state index in [1.165, 1.54) is 12.1 Å². The molecule has 108 valence electrons. The molecule has 0 aromatic heterocycles. The molecule has 20 heavy (non-hydrogen) atoms. The highest BCUT2D eigenvalue weighted by molar-refractivity contribution is 5.93. The second-order valence-electron chi connectivity index (χ2n) is 3.94. The van der Waals surface area contributed by atoms with Crippen molar-refractivity contribution in [2.24, 2.45) is 0 Å². The van der Waals surface area contributed by atoms with Crippen molar-refractivity contribution in [1.29, 1.82) is 0 Å². The second kappa shape index (κ2) is 7.07. The highest BCUT2D eigenvalue weighted by Crippen LogP contribution is 2.15.